The third kappa shape index (κ3) is 6.67. The van der Waals surface area contributed by atoms with Crippen molar-refractivity contribution < 1.29 is 4.79 Å². The van der Waals surface area contributed by atoms with Crippen LogP contribution in [-0.4, -0.2) is 29.9 Å². The second-order valence-corrected chi connectivity index (χ2v) is 8.25. The minimum absolute atomic E-state index is 0. The van der Waals surface area contributed by atoms with Gasteiger partial charge in [-0.3, -0.25) is 4.79 Å². The molecule has 6 nitrogen and oxygen atoms in total. The molecule has 2 heterocycles. The molecule has 0 unspecified atom stereocenters. The van der Waals surface area contributed by atoms with E-state index in [-0.39, 0.29) is 29.9 Å². The molecular formula is C21H30IN5OS. The van der Waals surface area contributed by atoms with E-state index in [1.165, 1.54) is 4.88 Å². The second-order valence-electron chi connectivity index (χ2n) is 6.97. The number of nitrogens with one attached hydrogen (secondary N) is 2. The minimum Gasteiger partial charge on any atom is -0.357 e. The molecule has 1 aromatic heterocycles. The Labute approximate surface area is 194 Å². The van der Waals surface area contributed by atoms with Crippen molar-refractivity contribution in [2.24, 2.45) is 4.99 Å². The van der Waals surface area contributed by atoms with Crippen LogP contribution in [0.25, 0.3) is 0 Å². The standard InChI is InChI=1S/C21H29N5OS.HI/c1-4-22-21(24-14-19-25-15(2)16(3)28-19)23-13-17-8-10-18(11-9-17)26-12-6-5-7-20(26)27;/h8-11H,4-7,12-14H2,1-3H3,(H2,22,23,24);1H. The summed E-state index contributed by atoms with van der Waals surface area (Å²) in [5, 5.41) is 7.69. The number of carbonyl (C=O) groups excluding carboxylic acids is 1. The molecule has 2 aromatic rings. The van der Waals surface area contributed by atoms with Crippen molar-refractivity contribution in [2.75, 3.05) is 18.0 Å². The third-order valence-electron chi connectivity index (χ3n) is 4.82. The monoisotopic (exact) mass is 527 g/mol. The molecule has 1 saturated heterocycles. The van der Waals surface area contributed by atoms with Gasteiger partial charge in [0.15, 0.2) is 5.96 Å². The van der Waals surface area contributed by atoms with Crippen molar-refractivity contribution in [1.82, 2.24) is 15.6 Å². The molecular weight excluding hydrogens is 497 g/mol. The fourth-order valence-corrected chi connectivity index (χ4v) is 4.02. The van der Waals surface area contributed by atoms with Crippen molar-refractivity contribution in [3.05, 3.63) is 45.4 Å². The summed E-state index contributed by atoms with van der Waals surface area (Å²) < 4.78 is 0. The van der Waals surface area contributed by atoms with Gasteiger partial charge in [0, 0.05) is 30.1 Å². The molecule has 0 radical (unpaired) electrons. The van der Waals surface area contributed by atoms with Crippen molar-refractivity contribution in [3.8, 4) is 0 Å². The number of nitrogens with zero attached hydrogens (tertiary/aromatic N) is 3. The summed E-state index contributed by atoms with van der Waals surface area (Å²) in [4.78, 5) is 24.4. The van der Waals surface area contributed by atoms with Crippen LogP contribution in [-0.2, 0) is 17.9 Å². The van der Waals surface area contributed by atoms with E-state index in [1.807, 2.05) is 24.0 Å². The van der Waals surface area contributed by atoms with Gasteiger partial charge in [-0.05, 0) is 51.3 Å². The molecule has 0 atom stereocenters. The molecule has 1 aromatic carbocycles. The molecule has 29 heavy (non-hydrogen) atoms. The summed E-state index contributed by atoms with van der Waals surface area (Å²) in [5.74, 6) is 1.01. The Kier molecular flexibility index (Phi) is 9.35. The summed E-state index contributed by atoms with van der Waals surface area (Å²) in [6.45, 7) is 9.06. The topological polar surface area (TPSA) is 69.6 Å². The van der Waals surface area contributed by atoms with Gasteiger partial charge >= 0.3 is 0 Å². The van der Waals surface area contributed by atoms with Crippen molar-refractivity contribution in [3.63, 3.8) is 0 Å². The molecule has 1 aliphatic rings. The number of guanidine groups is 1. The van der Waals surface area contributed by atoms with Crippen molar-refractivity contribution in [1.29, 1.82) is 0 Å². The number of carbonyl (C=O) groups is 1. The zero-order chi connectivity index (χ0) is 19.9. The Hall–Kier alpha value is -1.68. The number of aliphatic imine (C=N–C) groups is 1. The quantitative estimate of drug-likeness (QED) is 0.337. The number of hydrogen-bond acceptors (Lipinski definition) is 4. The first-order valence-corrected chi connectivity index (χ1v) is 10.7. The predicted molar refractivity (Wildman–Crippen MR) is 131 cm³/mol. The highest BCUT2D eigenvalue weighted by Gasteiger charge is 2.19. The number of aromatic nitrogens is 1. The van der Waals surface area contributed by atoms with Crippen LogP contribution in [0, 0.1) is 13.8 Å². The van der Waals surface area contributed by atoms with Gasteiger partial charge in [0.1, 0.15) is 5.01 Å². The van der Waals surface area contributed by atoms with E-state index < -0.39 is 0 Å². The van der Waals surface area contributed by atoms with E-state index in [9.17, 15) is 4.79 Å². The van der Waals surface area contributed by atoms with Crippen molar-refractivity contribution >= 4 is 52.9 Å². The molecule has 0 saturated carbocycles. The maximum Gasteiger partial charge on any atom is 0.226 e. The lowest BCUT2D eigenvalue weighted by Crippen LogP contribution is -2.36. The summed E-state index contributed by atoms with van der Waals surface area (Å²) in [7, 11) is 0. The van der Waals surface area contributed by atoms with Crippen LogP contribution in [0.3, 0.4) is 0 Å². The first kappa shape index (κ1) is 23.6. The Morgan fingerprint density at radius 2 is 1.97 bits per heavy atom. The molecule has 1 aliphatic heterocycles. The molecule has 1 fully saturated rings. The van der Waals surface area contributed by atoms with E-state index in [1.54, 1.807) is 11.3 Å². The molecule has 1 amide bonds. The fourth-order valence-electron chi connectivity index (χ4n) is 3.15. The number of piperidine rings is 1. The van der Waals surface area contributed by atoms with Gasteiger partial charge < -0.3 is 15.5 Å². The average molecular weight is 527 g/mol. The first-order valence-electron chi connectivity index (χ1n) is 9.91. The van der Waals surface area contributed by atoms with Crippen LogP contribution in [0.1, 0.15) is 47.3 Å². The van der Waals surface area contributed by atoms with Gasteiger partial charge in [-0.15, -0.1) is 35.3 Å². The Morgan fingerprint density at radius 3 is 2.59 bits per heavy atom. The summed E-state index contributed by atoms with van der Waals surface area (Å²) in [6.07, 6.45) is 2.73. The van der Waals surface area contributed by atoms with E-state index in [4.69, 9.17) is 0 Å². The molecule has 0 aliphatic carbocycles. The van der Waals surface area contributed by atoms with Gasteiger partial charge in [0.05, 0.1) is 18.8 Å². The number of hydrogen-bond donors (Lipinski definition) is 2. The number of halogens is 1. The van der Waals surface area contributed by atoms with E-state index in [0.717, 1.165) is 53.8 Å². The van der Waals surface area contributed by atoms with Gasteiger partial charge in [0.2, 0.25) is 5.91 Å². The van der Waals surface area contributed by atoms with Gasteiger partial charge in [-0.1, -0.05) is 12.1 Å². The molecule has 3 rings (SSSR count). The molecule has 8 heteroatoms. The highest BCUT2D eigenvalue weighted by molar-refractivity contribution is 14.0. The first-order chi connectivity index (χ1) is 13.6. The van der Waals surface area contributed by atoms with Gasteiger partial charge in [-0.25, -0.2) is 9.98 Å². The zero-order valence-electron chi connectivity index (χ0n) is 17.3. The summed E-state index contributed by atoms with van der Waals surface area (Å²) >= 11 is 1.72. The maximum absolute atomic E-state index is 12.1. The van der Waals surface area contributed by atoms with Crippen LogP contribution in [0.4, 0.5) is 5.69 Å². The molecule has 0 spiro atoms. The van der Waals surface area contributed by atoms with Crippen LogP contribution in [0.15, 0.2) is 29.3 Å². The van der Waals surface area contributed by atoms with Crippen LogP contribution < -0.4 is 15.5 Å². The number of rotatable bonds is 6. The smallest absolute Gasteiger partial charge is 0.226 e. The number of amides is 1. The maximum atomic E-state index is 12.1. The third-order valence-corrected chi connectivity index (χ3v) is 5.89. The average Bonchev–Trinajstić information content (AvgIpc) is 3.02. The van der Waals surface area contributed by atoms with Crippen molar-refractivity contribution in [2.45, 2.75) is 53.1 Å². The lowest BCUT2D eigenvalue weighted by Gasteiger charge is -2.26. The number of thiazole rings is 1. The fraction of sp³-hybridized carbons (Fsp3) is 0.476. The van der Waals surface area contributed by atoms with Crippen LogP contribution in [0.5, 0.6) is 0 Å². The highest BCUT2D eigenvalue weighted by atomic mass is 127. The van der Waals surface area contributed by atoms with Crippen LogP contribution in [0.2, 0.25) is 0 Å². The predicted octanol–water partition coefficient (Wildman–Crippen LogP) is 4.15. The number of anilines is 1. The second kappa shape index (κ2) is 11.5. The van der Waals surface area contributed by atoms with E-state index in [0.29, 0.717) is 19.5 Å². The lowest BCUT2D eigenvalue weighted by molar-refractivity contribution is -0.119. The largest absolute Gasteiger partial charge is 0.357 e. The summed E-state index contributed by atoms with van der Waals surface area (Å²) in [5.41, 5.74) is 3.19. The number of aryl methyl sites for hydroxylation is 2. The zero-order valence-corrected chi connectivity index (χ0v) is 20.5. The van der Waals surface area contributed by atoms with E-state index in [2.05, 4.69) is 46.6 Å². The summed E-state index contributed by atoms with van der Waals surface area (Å²) in [6, 6.07) is 8.15. The normalized spacial score (nSPS) is 14.5. The molecule has 158 valence electrons. The molecule has 0 bridgehead atoms. The Balaban J connectivity index is 0.00000300. The molecule has 2 N–H and O–H groups in total. The Bertz CT molecular complexity index is 815. The SMILES string of the molecule is CCNC(=NCc1ccc(N2CCCCC2=O)cc1)NCc1nc(C)c(C)s1.I. The van der Waals surface area contributed by atoms with Crippen LogP contribution >= 0.6 is 35.3 Å². The lowest BCUT2D eigenvalue weighted by atomic mass is 10.1. The van der Waals surface area contributed by atoms with E-state index >= 15 is 0 Å². The van der Waals surface area contributed by atoms with Gasteiger partial charge in [0.25, 0.3) is 0 Å². The minimum atomic E-state index is 0. The number of benzene rings is 1. The van der Waals surface area contributed by atoms with Gasteiger partial charge in [-0.2, -0.15) is 0 Å². The Morgan fingerprint density at radius 1 is 1.21 bits per heavy atom. The highest BCUT2D eigenvalue weighted by Crippen LogP contribution is 2.21.